The Bertz CT molecular complexity index is 842. The van der Waals surface area contributed by atoms with E-state index in [4.69, 9.17) is 4.74 Å². The van der Waals surface area contributed by atoms with Gasteiger partial charge in [0.15, 0.2) is 0 Å². The summed E-state index contributed by atoms with van der Waals surface area (Å²) in [7, 11) is -3.68. The topological polar surface area (TPSA) is 84.4 Å². The Hall–Kier alpha value is -1.46. The van der Waals surface area contributed by atoms with Gasteiger partial charge in [0.2, 0.25) is 5.95 Å². The number of sulfonamides is 1. The molecule has 1 fully saturated rings. The standard InChI is InChI=1S/C16H19IN4O3S/c1-11-15(20-25(22,23)14-5-3-13(17)4-6-14)12(2)19-16(18-11)21-7-9-24-10-8-21/h3-6,20H,7-10H2,1-2H3. The zero-order valence-electron chi connectivity index (χ0n) is 14.0. The molecule has 0 bridgehead atoms. The van der Waals surface area contributed by atoms with Gasteiger partial charge in [-0.25, -0.2) is 18.4 Å². The number of halogens is 1. The lowest BCUT2D eigenvalue weighted by molar-refractivity contribution is 0.122. The summed E-state index contributed by atoms with van der Waals surface area (Å²) in [6, 6.07) is 6.68. The molecule has 1 N–H and O–H groups in total. The number of hydrogen-bond donors (Lipinski definition) is 1. The molecule has 1 saturated heterocycles. The number of morpholine rings is 1. The lowest BCUT2D eigenvalue weighted by Crippen LogP contribution is -2.37. The van der Waals surface area contributed by atoms with E-state index in [0.717, 1.165) is 16.7 Å². The number of nitrogens with one attached hydrogen (secondary N) is 1. The van der Waals surface area contributed by atoms with Crippen LogP contribution in [0.1, 0.15) is 11.4 Å². The first-order chi connectivity index (χ1) is 11.9. The minimum absolute atomic E-state index is 0.212. The van der Waals surface area contributed by atoms with Gasteiger partial charge in [-0.05, 0) is 60.7 Å². The summed E-state index contributed by atoms with van der Waals surface area (Å²) >= 11 is 2.13. The lowest BCUT2D eigenvalue weighted by atomic mass is 10.3. The molecule has 134 valence electrons. The van der Waals surface area contributed by atoms with Gasteiger partial charge in [-0.1, -0.05) is 0 Å². The minimum Gasteiger partial charge on any atom is -0.378 e. The molecule has 2 aromatic rings. The maximum Gasteiger partial charge on any atom is 0.262 e. The van der Waals surface area contributed by atoms with Crippen molar-refractivity contribution in [2.24, 2.45) is 0 Å². The van der Waals surface area contributed by atoms with Crippen LogP contribution in [0.2, 0.25) is 0 Å². The van der Waals surface area contributed by atoms with Gasteiger partial charge in [0, 0.05) is 16.7 Å². The molecule has 0 unspecified atom stereocenters. The number of hydrogen-bond acceptors (Lipinski definition) is 6. The number of aromatic nitrogens is 2. The second kappa shape index (κ2) is 7.42. The fraction of sp³-hybridized carbons (Fsp3) is 0.375. The van der Waals surface area contributed by atoms with Gasteiger partial charge in [0.25, 0.3) is 10.0 Å². The third-order valence-electron chi connectivity index (χ3n) is 3.91. The van der Waals surface area contributed by atoms with E-state index in [9.17, 15) is 8.42 Å². The molecule has 25 heavy (non-hydrogen) atoms. The van der Waals surface area contributed by atoms with Crippen molar-refractivity contribution in [3.63, 3.8) is 0 Å². The Balaban J connectivity index is 1.88. The summed E-state index contributed by atoms with van der Waals surface area (Å²) < 4.78 is 34.2. The van der Waals surface area contributed by atoms with E-state index in [-0.39, 0.29) is 4.90 Å². The lowest BCUT2D eigenvalue weighted by Gasteiger charge is -2.27. The second-order valence-electron chi connectivity index (χ2n) is 5.73. The van der Waals surface area contributed by atoms with Gasteiger partial charge in [-0.15, -0.1) is 0 Å². The first kappa shape index (κ1) is 18.3. The Labute approximate surface area is 161 Å². The van der Waals surface area contributed by atoms with E-state index in [2.05, 4.69) is 37.3 Å². The summed E-state index contributed by atoms with van der Waals surface area (Å²) in [5.41, 5.74) is 1.63. The first-order valence-corrected chi connectivity index (χ1v) is 10.4. The highest BCUT2D eigenvalue weighted by atomic mass is 127. The number of benzene rings is 1. The molecule has 2 heterocycles. The zero-order valence-corrected chi connectivity index (χ0v) is 17.0. The van der Waals surface area contributed by atoms with Crippen LogP contribution in [0.3, 0.4) is 0 Å². The quantitative estimate of drug-likeness (QED) is 0.686. The maximum atomic E-state index is 12.6. The third kappa shape index (κ3) is 4.21. The highest BCUT2D eigenvalue weighted by Crippen LogP contribution is 2.24. The molecule has 1 aromatic heterocycles. The van der Waals surface area contributed by atoms with Gasteiger partial charge in [-0.3, -0.25) is 4.72 Å². The summed E-state index contributed by atoms with van der Waals surface area (Å²) in [5, 5.41) is 0. The molecule has 0 saturated carbocycles. The summed E-state index contributed by atoms with van der Waals surface area (Å²) in [5.74, 6) is 0.607. The normalized spacial score (nSPS) is 15.2. The fourth-order valence-electron chi connectivity index (χ4n) is 2.56. The Morgan fingerprint density at radius 1 is 1.08 bits per heavy atom. The fourth-order valence-corrected chi connectivity index (χ4v) is 4.09. The molecule has 0 spiro atoms. The van der Waals surface area contributed by atoms with Crippen LogP contribution in [-0.2, 0) is 14.8 Å². The number of nitrogens with zero attached hydrogens (tertiary/aromatic N) is 3. The number of rotatable bonds is 4. The molecular weight excluding hydrogens is 455 g/mol. The van der Waals surface area contributed by atoms with Crippen molar-refractivity contribution in [1.82, 2.24) is 9.97 Å². The van der Waals surface area contributed by atoms with Crippen molar-refractivity contribution in [2.75, 3.05) is 35.9 Å². The molecule has 1 aromatic carbocycles. The zero-order chi connectivity index (χ0) is 18.0. The number of anilines is 2. The molecule has 0 atom stereocenters. The summed E-state index contributed by atoms with van der Waals surface area (Å²) in [6.45, 7) is 6.30. The summed E-state index contributed by atoms with van der Waals surface area (Å²) in [6.07, 6.45) is 0. The van der Waals surface area contributed by atoms with Crippen LogP contribution < -0.4 is 9.62 Å². The highest BCUT2D eigenvalue weighted by Gasteiger charge is 2.20. The smallest absolute Gasteiger partial charge is 0.262 e. The van der Waals surface area contributed by atoms with Gasteiger partial charge in [0.1, 0.15) is 0 Å². The average molecular weight is 474 g/mol. The van der Waals surface area contributed by atoms with Crippen molar-refractivity contribution < 1.29 is 13.2 Å². The van der Waals surface area contributed by atoms with Gasteiger partial charge < -0.3 is 9.64 Å². The van der Waals surface area contributed by atoms with E-state index in [1.165, 1.54) is 0 Å². The molecule has 1 aliphatic heterocycles. The van der Waals surface area contributed by atoms with Crippen molar-refractivity contribution in [2.45, 2.75) is 18.7 Å². The molecule has 0 radical (unpaired) electrons. The maximum absolute atomic E-state index is 12.6. The Kier molecular flexibility index (Phi) is 5.44. The number of ether oxygens (including phenoxy) is 1. The van der Waals surface area contributed by atoms with Gasteiger partial charge in [0.05, 0.1) is 35.2 Å². The van der Waals surface area contributed by atoms with Crippen LogP contribution in [0.25, 0.3) is 0 Å². The summed E-state index contributed by atoms with van der Waals surface area (Å²) in [4.78, 5) is 11.2. The van der Waals surface area contributed by atoms with E-state index in [1.54, 1.807) is 38.1 Å². The molecule has 7 nitrogen and oxygen atoms in total. The van der Waals surface area contributed by atoms with Crippen LogP contribution in [0.15, 0.2) is 29.2 Å². The molecule has 0 amide bonds. The van der Waals surface area contributed by atoms with E-state index in [1.807, 2.05) is 4.90 Å². The molecular formula is C16H19IN4O3S. The highest BCUT2D eigenvalue weighted by molar-refractivity contribution is 14.1. The van der Waals surface area contributed by atoms with E-state index >= 15 is 0 Å². The first-order valence-electron chi connectivity index (χ1n) is 7.83. The molecule has 9 heteroatoms. The largest absolute Gasteiger partial charge is 0.378 e. The van der Waals surface area contributed by atoms with Crippen LogP contribution in [-0.4, -0.2) is 44.7 Å². The predicted octanol–water partition coefficient (Wildman–Crippen LogP) is 2.34. The SMILES string of the molecule is Cc1nc(N2CCOCC2)nc(C)c1NS(=O)(=O)c1ccc(I)cc1. The van der Waals surface area contributed by atoms with Crippen molar-refractivity contribution >= 4 is 44.2 Å². The minimum atomic E-state index is -3.68. The van der Waals surface area contributed by atoms with E-state index in [0.29, 0.717) is 36.2 Å². The second-order valence-corrected chi connectivity index (χ2v) is 8.66. The number of aryl methyl sites for hydroxylation is 2. The van der Waals surface area contributed by atoms with Gasteiger partial charge >= 0.3 is 0 Å². The van der Waals surface area contributed by atoms with Crippen molar-refractivity contribution in [3.8, 4) is 0 Å². The Morgan fingerprint density at radius 3 is 2.20 bits per heavy atom. The molecule has 1 aliphatic rings. The van der Waals surface area contributed by atoms with Crippen molar-refractivity contribution in [1.29, 1.82) is 0 Å². The predicted molar refractivity (Wildman–Crippen MR) is 105 cm³/mol. The van der Waals surface area contributed by atoms with Crippen LogP contribution in [0.4, 0.5) is 11.6 Å². The molecule has 0 aliphatic carbocycles. The Morgan fingerprint density at radius 2 is 1.64 bits per heavy atom. The van der Waals surface area contributed by atoms with Crippen LogP contribution >= 0.6 is 22.6 Å². The molecule has 3 rings (SSSR count). The van der Waals surface area contributed by atoms with Gasteiger partial charge in [-0.2, -0.15) is 0 Å². The van der Waals surface area contributed by atoms with Crippen molar-refractivity contribution in [3.05, 3.63) is 39.2 Å². The average Bonchev–Trinajstić information content (AvgIpc) is 2.59. The van der Waals surface area contributed by atoms with Crippen LogP contribution in [0.5, 0.6) is 0 Å². The third-order valence-corrected chi connectivity index (χ3v) is 6.00. The van der Waals surface area contributed by atoms with Crippen LogP contribution in [0, 0.1) is 17.4 Å². The monoisotopic (exact) mass is 474 g/mol. The van der Waals surface area contributed by atoms with E-state index < -0.39 is 10.0 Å².